The number of esters is 1. The van der Waals surface area contributed by atoms with Crippen molar-refractivity contribution >= 4 is 12.1 Å². The van der Waals surface area contributed by atoms with Gasteiger partial charge in [-0.25, -0.2) is 9.59 Å². The Labute approximate surface area is 191 Å². The van der Waals surface area contributed by atoms with Crippen LogP contribution in [0, 0.1) is 0 Å². The number of rotatable bonds is 20. The molecule has 0 aromatic heterocycles. The zero-order chi connectivity index (χ0) is 24.1. The van der Waals surface area contributed by atoms with E-state index in [2.05, 4.69) is 4.74 Å². The fraction of sp³-hybridized carbons (Fsp3) is 0.905. The first-order valence-corrected chi connectivity index (χ1v) is 10.7. The number of hydrogen-bond acceptors (Lipinski definition) is 10. The fourth-order valence-corrected chi connectivity index (χ4v) is 1.95. The highest BCUT2D eigenvalue weighted by Gasteiger charge is 2.19. The van der Waals surface area contributed by atoms with Crippen molar-refractivity contribution in [1.29, 1.82) is 0 Å². The first-order valence-electron chi connectivity index (χ1n) is 10.7. The molecule has 0 radical (unpaired) electrons. The van der Waals surface area contributed by atoms with Gasteiger partial charge in [-0.05, 0) is 20.8 Å². The van der Waals surface area contributed by atoms with Crippen LogP contribution in [0.3, 0.4) is 0 Å². The van der Waals surface area contributed by atoms with E-state index in [-0.39, 0.29) is 12.7 Å². The van der Waals surface area contributed by atoms with Crippen LogP contribution in [0.1, 0.15) is 20.8 Å². The summed E-state index contributed by atoms with van der Waals surface area (Å²) in [4.78, 5) is 24.1. The minimum atomic E-state index is -0.507. The quantitative estimate of drug-likeness (QED) is 0.191. The molecule has 0 aliphatic carbocycles. The third-order valence-corrected chi connectivity index (χ3v) is 3.58. The summed E-state index contributed by atoms with van der Waals surface area (Å²) in [6, 6.07) is 0. The van der Waals surface area contributed by atoms with Gasteiger partial charge in [-0.1, -0.05) is 0 Å². The molecule has 0 atom stereocenters. The Morgan fingerprint density at radius 2 is 1.03 bits per heavy atom. The van der Waals surface area contributed by atoms with Gasteiger partial charge in [-0.3, -0.25) is 0 Å². The van der Waals surface area contributed by atoms with E-state index in [4.69, 9.17) is 33.2 Å². The second-order valence-corrected chi connectivity index (χ2v) is 7.59. The van der Waals surface area contributed by atoms with Crippen molar-refractivity contribution in [2.24, 2.45) is 0 Å². The zero-order valence-corrected chi connectivity index (χ0v) is 20.2. The van der Waals surface area contributed by atoms with Crippen LogP contribution in [-0.2, 0) is 42.7 Å². The third kappa shape index (κ3) is 21.7. The first kappa shape index (κ1) is 30.5. The van der Waals surface area contributed by atoms with Crippen LogP contribution in [0.4, 0.5) is 4.79 Å². The van der Waals surface area contributed by atoms with Gasteiger partial charge in [0.05, 0.1) is 79.8 Å². The lowest BCUT2D eigenvalue weighted by molar-refractivity contribution is -0.146. The Kier molecular flexibility index (Phi) is 19.2. The predicted molar refractivity (Wildman–Crippen MR) is 116 cm³/mol. The molecule has 0 fully saturated rings. The van der Waals surface area contributed by atoms with E-state index in [9.17, 15) is 9.59 Å². The molecule has 0 aliphatic rings. The molecule has 1 amide bonds. The minimum absolute atomic E-state index is 0.0715. The Morgan fingerprint density at radius 3 is 1.41 bits per heavy atom. The number of carbonyl (C=O) groups excluding carboxylic acids is 2. The molecule has 0 saturated carbocycles. The Bertz CT molecular complexity index is 470. The molecular weight excluding hydrogens is 426 g/mol. The summed E-state index contributed by atoms with van der Waals surface area (Å²) in [5.74, 6) is -0.410. The summed E-state index contributed by atoms with van der Waals surface area (Å²) in [5, 5.41) is 0. The van der Waals surface area contributed by atoms with Crippen molar-refractivity contribution in [3.05, 3.63) is 0 Å². The SMILES string of the molecule is COC(=O)COCCOCCOCCOCCOCCOCCN(C)C(=O)OC(C)(C)C. The molecule has 0 aliphatic heterocycles. The number of ether oxygens (including phenoxy) is 8. The van der Waals surface area contributed by atoms with Gasteiger partial charge in [0.25, 0.3) is 0 Å². The summed E-state index contributed by atoms with van der Waals surface area (Å²) >= 11 is 0. The van der Waals surface area contributed by atoms with E-state index >= 15 is 0 Å². The van der Waals surface area contributed by atoms with Crippen molar-refractivity contribution in [3.8, 4) is 0 Å². The summed E-state index contributed by atoms with van der Waals surface area (Å²) in [7, 11) is 2.98. The highest BCUT2D eigenvalue weighted by Crippen LogP contribution is 2.08. The van der Waals surface area contributed by atoms with Crippen LogP contribution >= 0.6 is 0 Å². The molecule has 32 heavy (non-hydrogen) atoms. The monoisotopic (exact) mass is 467 g/mol. The first-order chi connectivity index (χ1) is 15.3. The Balaban J connectivity index is 3.24. The molecule has 0 bridgehead atoms. The topological polar surface area (TPSA) is 111 Å². The largest absolute Gasteiger partial charge is 0.467 e. The lowest BCUT2D eigenvalue weighted by Crippen LogP contribution is -2.36. The highest BCUT2D eigenvalue weighted by molar-refractivity contribution is 5.70. The molecule has 0 aromatic rings. The summed E-state index contributed by atoms with van der Waals surface area (Å²) in [6.45, 7) is 10.7. The molecule has 11 heteroatoms. The number of likely N-dealkylation sites (N-methyl/N-ethyl adjacent to an activating group) is 1. The average Bonchev–Trinajstić information content (AvgIpc) is 2.73. The van der Waals surface area contributed by atoms with Gasteiger partial charge in [0.1, 0.15) is 12.2 Å². The van der Waals surface area contributed by atoms with Crippen LogP contribution in [0.2, 0.25) is 0 Å². The van der Waals surface area contributed by atoms with E-state index in [1.165, 1.54) is 12.0 Å². The maximum absolute atomic E-state index is 11.8. The van der Waals surface area contributed by atoms with Gasteiger partial charge >= 0.3 is 12.1 Å². The maximum Gasteiger partial charge on any atom is 0.410 e. The number of methoxy groups -OCH3 is 1. The van der Waals surface area contributed by atoms with Gasteiger partial charge in [-0.2, -0.15) is 0 Å². The molecule has 0 saturated heterocycles. The van der Waals surface area contributed by atoms with E-state index in [0.717, 1.165) is 0 Å². The molecule has 0 rings (SSSR count). The van der Waals surface area contributed by atoms with E-state index < -0.39 is 11.6 Å². The van der Waals surface area contributed by atoms with Gasteiger partial charge in [0.2, 0.25) is 0 Å². The minimum Gasteiger partial charge on any atom is -0.467 e. The van der Waals surface area contributed by atoms with Crippen LogP contribution < -0.4 is 0 Å². The third-order valence-electron chi connectivity index (χ3n) is 3.58. The number of hydrogen-bond donors (Lipinski definition) is 0. The molecule has 0 heterocycles. The van der Waals surface area contributed by atoms with Crippen molar-refractivity contribution in [1.82, 2.24) is 4.90 Å². The van der Waals surface area contributed by atoms with Crippen LogP contribution in [0.5, 0.6) is 0 Å². The molecule has 190 valence electrons. The van der Waals surface area contributed by atoms with E-state index in [1.54, 1.807) is 7.05 Å². The van der Waals surface area contributed by atoms with Crippen molar-refractivity contribution < 1.29 is 47.5 Å². The second-order valence-electron chi connectivity index (χ2n) is 7.59. The second kappa shape index (κ2) is 20.1. The summed E-state index contributed by atoms with van der Waals surface area (Å²) in [5.41, 5.74) is -0.507. The van der Waals surface area contributed by atoms with Crippen LogP contribution in [-0.4, -0.2) is 123 Å². The zero-order valence-electron chi connectivity index (χ0n) is 20.2. The molecule has 0 aromatic carbocycles. The van der Waals surface area contributed by atoms with Crippen LogP contribution in [0.15, 0.2) is 0 Å². The fourth-order valence-electron chi connectivity index (χ4n) is 1.95. The van der Waals surface area contributed by atoms with Gasteiger partial charge < -0.3 is 42.8 Å². The maximum atomic E-state index is 11.8. The van der Waals surface area contributed by atoms with E-state index in [1.807, 2.05) is 20.8 Å². The summed E-state index contributed by atoms with van der Waals surface area (Å²) < 4.78 is 41.6. The molecule has 0 unspecified atom stereocenters. The van der Waals surface area contributed by atoms with E-state index in [0.29, 0.717) is 79.2 Å². The Morgan fingerprint density at radius 1 is 0.656 bits per heavy atom. The van der Waals surface area contributed by atoms with Crippen molar-refractivity contribution in [2.75, 3.05) is 100.0 Å². The molecule has 0 spiro atoms. The van der Waals surface area contributed by atoms with Gasteiger partial charge in [-0.15, -0.1) is 0 Å². The summed E-state index contributed by atoms with van der Waals surface area (Å²) in [6.07, 6.45) is -0.368. The molecule has 0 N–H and O–H groups in total. The molecule has 11 nitrogen and oxygen atoms in total. The smallest absolute Gasteiger partial charge is 0.410 e. The molecular formula is C21H41NO10. The van der Waals surface area contributed by atoms with Gasteiger partial charge in [0.15, 0.2) is 0 Å². The highest BCUT2D eigenvalue weighted by atomic mass is 16.6. The van der Waals surface area contributed by atoms with Crippen molar-refractivity contribution in [3.63, 3.8) is 0 Å². The number of nitrogens with zero attached hydrogens (tertiary/aromatic N) is 1. The number of carbonyl (C=O) groups is 2. The lowest BCUT2D eigenvalue weighted by Gasteiger charge is -2.24. The van der Waals surface area contributed by atoms with Gasteiger partial charge in [0, 0.05) is 13.6 Å². The normalized spacial score (nSPS) is 11.4. The Hall–Kier alpha value is -1.50. The number of amides is 1. The standard InChI is InChI=1S/C21H41NO10/c1-21(2,3)32-20(24)22(4)6-7-26-8-9-27-10-11-28-12-13-29-14-15-30-16-17-31-18-19(23)25-5/h6-18H2,1-5H3. The average molecular weight is 468 g/mol. The van der Waals surface area contributed by atoms with Crippen molar-refractivity contribution in [2.45, 2.75) is 26.4 Å². The van der Waals surface area contributed by atoms with Crippen LogP contribution in [0.25, 0.3) is 0 Å². The lowest BCUT2D eigenvalue weighted by atomic mass is 10.2. The predicted octanol–water partition coefficient (Wildman–Crippen LogP) is 1.13.